The van der Waals surface area contributed by atoms with Gasteiger partial charge in [-0.2, -0.15) is 0 Å². The van der Waals surface area contributed by atoms with Gasteiger partial charge in [0.25, 0.3) is 0 Å². The van der Waals surface area contributed by atoms with Crippen LogP contribution in [-0.4, -0.2) is 17.9 Å². The molecule has 1 unspecified atom stereocenters. The maximum atomic E-state index is 11.6. The first kappa shape index (κ1) is 15.5. The van der Waals surface area contributed by atoms with Crippen LogP contribution >= 0.6 is 12.4 Å². The van der Waals surface area contributed by atoms with Crippen LogP contribution in [0.2, 0.25) is 0 Å². The number of rotatable bonds is 4. The molecule has 1 aromatic rings. The van der Waals surface area contributed by atoms with Gasteiger partial charge < -0.3 is 16.4 Å². The molecule has 0 bridgehead atoms. The van der Waals surface area contributed by atoms with Crippen LogP contribution in [0.25, 0.3) is 0 Å². The van der Waals surface area contributed by atoms with Crippen LogP contribution in [0.15, 0.2) is 18.2 Å². The number of halogens is 1. The molecular formula is C13H18ClN3O2. The minimum absolute atomic E-state index is 0. The molecule has 0 aromatic heterocycles. The molecule has 5 nitrogen and oxygen atoms in total. The van der Waals surface area contributed by atoms with Gasteiger partial charge in [-0.1, -0.05) is 0 Å². The number of benzene rings is 1. The molecule has 1 atom stereocenters. The van der Waals surface area contributed by atoms with Gasteiger partial charge in [-0.25, -0.2) is 0 Å². The second-order valence-electron chi connectivity index (χ2n) is 4.66. The van der Waals surface area contributed by atoms with Gasteiger partial charge in [0.15, 0.2) is 0 Å². The van der Waals surface area contributed by atoms with Crippen LogP contribution < -0.4 is 16.4 Å². The molecule has 1 aromatic carbocycles. The summed E-state index contributed by atoms with van der Waals surface area (Å²) in [6, 6.07) is 5.45. The molecule has 6 heteroatoms. The summed E-state index contributed by atoms with van der Waals surface area (Å²) in [5.74, 6) is -0.0602. The van der Waals surface area contributed by atoms with Crippen LogP contribution in [0.1, 0.15) is 25.3 Å². The van der Waals surface area contributed by atoms with E-state index in [0.717, 1.165) is 16.9 Å². The molecule has 1 aliphatic rings. The van der Waals surface area contributed by atoms with Crippen molar-refractivity contribution in [3.63, 3.8) is 0 Å². The van der Waals surface area contributed by atoms with E-state index in [0.29, 0.717) is 19.3 Å². The summed E-state index contributed by atoms with van der Waals surface area (Å²) in [6.07, 6.45) is 1.45. The molecule has 0 aliphatic carbocycles. The van der Waals surface area contributed by atoms with Gasteiger partial charge in [-0.15, -0.1) is 12.4 Å². The van der Waals surface area contributed by atoms with Crippen molar-refractivity contribution in [2.75, 3.05) is 10.6 Å². The molecule has 19 heavy (non-hydrogen) atoms. The predicted molar refractivity (Wildman–Crippen MR) is 77.5 cm³/mol. The van der Waals surface area contributed by atoms with Crippen molar-refractivity contribution >= 4 is 35.6 Å². The monoisotopic (exact) mass is 283 g/mol. The third-order valence-electron chi connectivity index (χ3n) is 2.84. The highest BCUT2D eigenvalue weighted by atomic mass is 35.5. The standard InChI is InChI=1S/C13H17N3O2.ClH/c1-8(14)2-5-12(17)15-10-3-4-11-9(6-10)7-13(18)16-11;/h3-4,6,8H,2,5,7,14H2,1H3,(H,15,17)(H,16,18);1H. The largest absolute Gasteiger partial charge is 0.328 e. The van der Waals surface area contributed by atoms with E-state index in [1.165, 1.54) is 0 Å². The van der Waals surface area contributed by atoms with E-state index in [9.17, 15) is 9.59 Å². The number of nitrogens with two attached hydrogens (primary N) is 1. The van der Waals surface area contributed by atoms with Crippen molar-refractivity contribution in [3.05, 3.63) is 23.8 Å². The Labute approximate surface area is 118 Å². The molecule has 104 valence electrons. The van der Waals surface area contributed by atoms with Crippen molar-refractivity contribution in [1.29, 1.82) is 0 Å². The third-order valence-corrected chi connectivity index (χ3v) is 2.84. The normalized spacial score (nSPS) is 14.1. The van der Waals surface area contributed by atoms with E-state index in [1.54, 1.807) is 12.1 Å². The van der Waals surface area contributed by atoms with Crippen molar-refractivity contribution in [3.8, 4) is 0 Å². The average Bonchev–Trinajstić information content (AvgIpc) is 2.66. The first-order chi connectivity index (χ1) is 8.54. The van der Waals surface area contributed by atoms with Crippen LogP contribution in [0, 0.1) is 0 Å². The highest BCUT2D eigenvalue weighted by Crippen LogP contribution is 2.26. The molecule has 1 heterocycles. The minimum Gasteiger partial charge on any atom is -0.328 e. The second kappa shape index (κ2) is 6.54. The molecule has 2 amide bonds. The van der Waals surface area contributed by atoms with Crippen LogP contribution in [0.3, 0.4) is 0 Å². The summed E-state index contributed by atoms with van der Waals surface area (Å²) in [5, 5.41) is 5.56. The molecule has 0 saturated heterocycles. The highest BCUT2D eigenvalue weighted by molar-refractivity contribution is 6.00. The minimum atomic E-state index is -0.0514. The topological polar surface area (TPSA) is 84.2 Å². The number of carbonyl (C=O) groups excluding carboxylic acids is 2. The van der Waals surface area contributed by atoms with Gasteiger partial charge in [0.1, 0.15) is 0 Å². The summed E-state index contributed by atoms with van der Waals surface area (Å²) in [5.41, 5.74) is 8.07. The summed E-state index contributed by atoms with van der Waals surface area (Å²) in [4.78, 5) is 22.8. The maximum Gasteiger partial charge on any atom is 0.228 e. The van der Waals surface area contributed by atoms with E-state index < -0.39 is 0 Å². The summed E-state index contributed by atoms with van der Waals surface area (Å²) in [6.45, 7) is 1.87. The lowest BCUT2D eigenvalue weighted by molar-refractivity contribution is -0.116. The Kier molecular flexibility index (Phi) is 5.32. The van der Waals surface area contributed by atoms with E-state index in [4.69, 9.17) is 5.73 Å². The Morgan fingerprint density at radius 3 is 2.95 bits per heavy atom. The molecule has 1 aliphatic heterocycles. The zero-order valence-electron chi connectivity index (χ0n) is 10.7. The number of fused-ring (bicyclic) bond motifs is 1. The number of anilines is 2. The fraction of sp³-hybridized carbons (Fsp3) is 0.385. The van der Waals surface area contributed by atoms with Crippen molar-refractivity contribution < 1.29 is 9.59 Å². The SMILES string of the molecule is CC(N)CCC(=O)Nc1ccc2c(c1)CC(=O)N2.Cl. The first-order valence-corrected chi connectivity index (χ1v) is 6.03. The average molecular weight is 284 g/mol. The summed E-state index contributed by atoms with van der Waals surface area (Å²) in [7, 11) is 0. The van der Waals surface area contributed by atoms with Crippen molar-refractivity contribution in [2.24, 2.45) is 5.73 Å². The fourth-order valence-corrected chi connectivity index (χ4v) is 1.89. The quantitative estimate of drug-likeness (QED) is 0.786. The van der Waals surface area contributed by atoms with Gasteiger partial charge in [0.2, 0.25) is 11.8 Å². The summed E-state index contributed by atoms with van der Waals surface area (Å²) < 4.78 is 0. The highest BCUT2D eigenvalue weighted by Gasteiger charge is 2.17. The van der Waals surface area contributed by atoms with Gasteiger partial charge in [0.05, 0.1) is 6.42 Å². The molecule has 2 rings (SSSR count). The van der Waals surface area contributed by atoms with E-state index in [1.807, 2.05) is 13.0 Å². The first-order valence-electron chi connectivity index (χ1n) is 6.03. The number of nitrogens with one attached hydrogen (secondary N) is 2. The fourth-order valence-electron chi connectivity index (χ4n) is 1.89. The maximum absolute atomic E-state index is 11.6. The Hall–Kier alpha value is -1.59. The van der Waals surface area contributed by atoms with Gasteiger partial charge in [-0.3, -0.25) is 9.59 Å². The second-order valence-corrected chi connectivity index (χ2v) is 4.66. The van der Waals surface area contributed by atoms with Crippen molar-refractivity contribution in [1.82, 2.24) is 0 Å². The zero-order valence-corrected chi connectivity index (χ0v) is 11.5. The van der Waals surface area contributed by atoms with Gasteiger partial charge >= 0.3 is 0 Å². The summed E-state index contributed by atoms with van der Waals surface area (Å²) >= 11 is 0. The van der Waals surface area contributed by atoms with E-state index in [-0.39, 0.29) is 30.3 Å². The Bertz CT molecular complexity index is 489. The van der Waals surface area contributed by atoms with E-state index in [2.05, 4.69) is 10.6 Å². The number of hydrogen-bond acceptors (Lipinski definition) is 3. The van der Waals surface area contributed by atoms with Crippen LogP contribution in [-0.2, 0) is 16.0 Å². The van der Waals surface area contributed by atoms with Crippen molar-refractivity contribution in [2.45, 2.75) is 32.2 Å². The Morgan fingerprint density at radius 2 is 2.26 bits per heavy atom. The Balaban J connectivity index is 0.00000180. The molecule has 0 radical (unpaired) electrons. The predicted octanol–water partition coefficient (Wildman–Crippen LogP) is 1.67. The van der Waals surface area contributed by atoms with Crippen LogP contribution in [0.5, 0.6) is 0 Å². The lowest BCUT2D eigenvalue weighted by Gasteiger charge is -2.08. The number of amides is 2. The smallest absolute Gasteiger partial charge is 0.228 e. The molecular weight excluding hydrogens is 266 g/mol. The molecule has 0 spiro atoms. The third kappa shape index (κ3) is 4.22. The lowest BCUT2D eigenvalue weighted by Crippen LogP contribution is -2.19. The van der Waals surface area contributed by atoms with E-state index >= 15 is 0 Å². The number of carbonyl (C=O) groups is 2. The molecule has 0 saturated carbocycles. The van der Waals surface area contributed by atoms with Gasteiger partial charge in [-0.05, 0) is 37.1 Å². The lowest BCUT2D eigenvalue weighted by atomic mass is 10.1. The molecule has 4 N–H and O–H groups in total. The Morgan fingerprint density at radius 1 is 1.53 bits per heavy atom. The number of hydrogen-bond donors (Lipinski definition) is 3. The van der Waals surface area contributed by atoms with Crippen LogP contribution in [0.4, 0.5) is 11.4 Å². The van der Waals surface area contributed by atoms with Gasteiger partial charge in [0, 0.05) is 23.8 Å². The zero-order chi connectivity index (χ0) is 13.1. The molecule has 0 fully saturated rings.